The van der Waals surface area contributed by atoms with Crippen LogP contribution in [0.5, 0.6) is 0 Å². The summed E-state index contributed by atoms with van der Waals surface area (Å²) in [4.78, 5) is 11.4. The van der Waals surface area contributed by atoms with Gasteiger partial charge in [-0.2, -0.15) is 0 Å². The second-order valence-electron chi connectivity index (χ2n) is 4.49. The van der Waals surface area contributed by atoms with E-state index in [1.807, 2.05) is 19.9 Å². The molecular formula is C15H18N2O. The number of pyridine rings is 1. The van der Waals surface area contributed by atoms with Crippen LogP contribution >= 0.6 is 0 Å². The largest absolute Gasteiger partial charge is 0.394 e. The second kappa shape index (κ2) is 5.08. The summed E-state index contributed by atoms with van der Waals surface area (Å²) in [5.41, 5.74) is 9.58. The van der Waals surface area contributed by atoms with E-state index in [1.54, 1.807) is 10.8 Å². The lowest BCUT2D eigenvalue weighted by atomic mass is 9.95. The van der Waals surface area contributed by atoms with E-state index in [0.29, 0.717) is 5.69 Å². The topological polar surface area (TPSA) is 48.0 Å². The van der Waals surface area contributed by atoms with Crippen molar-refractivity contribution in [3.63, 3.8) is 0 Å². The van der Waals surface area contributed by atoms with E-state index in [2.05, 4.69) is 24.3 Å². The Bertz CT molecular complexity index is 576. The monoisotopic (exact) mass is 242 g/mol. The predicted octanol–water partition coefficient (Wildman–Crippen LogP) is 2.82. The maximum Gasteiger partial charge on any atom is 0.273 e. The highest BCUT2D eigenvalue weighted by Crippen LogP contribution is 2.29. The summed E-state index contributed by atoms with van der Waals surface area (Å²) in [7, 11) is 0. The van der Waals surface area contributed by atoms with Crippen LogP contribution < -0.4 is 11.3 Å². The van der Waals surface area contributed by atoms with Gasteiger partial charge < -0.3 is 10.3 Å². The summed E-state index contributed by atoms with van der Waals surface area (Å²) in [5.74, 6) is 0. The van der Waals surface area contributed by atoms with Crippen LogP contribution in [0.2, 0.25) is 0 Å². The highest BCUT2D eigenvalue weighted by atomic mass is 16.1. The van der Waals surface area contributed by atoms with Gasteiger partial charge in [-0.15, -0.1) is 0 Å². The lowest BCUT2D eigenvalue weighted by Gasteiger charge is -2.10. The normalized spacial score (nSPS) is 10.6. The van der Waals surface area contributed by atoms with E-state index in [4.69, 9.17) is 5.73 Å². The fraction of sp³-hybridized carbons (Fsp3) is 0.267. The maximum absolute atomic E-state index is 11.4. The van der Waals surface area contributed by atoms with Gasteiger partial charge >= 0.3 is 0 Å². The standard InChI is InChI=1S/C9H14N2O.C6H4/c1-3-5-11-6-4-7(2)8(10)9(11)12;1-2-6-4-3-5(1)6/h4,6H,3,5,10H2,1-2H3;1-4H. The molecule has 3 rings (SSSR count). The summed E-state index contributed by atoms with van der Waals surface area (Å²) in [6.45, 7) is 4.61. The third-order valence-corrected chi connectivity index (χ3v) is 3.10. The van der Waals surface area contributed by atoms with Crippen LogP contribution in [-0.4, -0.2) is 4.57 Å². The SMILES string of the molecule is CCCn1ccc(C)c(N)c1=O.c1cc2ccc1-2. The van der Waals surface area contributed by atoms with Gasteiger partial charge in [-0.1, -0.05) is 31.2 Å². The first kappa shape index (κ1) is 12.4. The van der Waals surface area contributed by atoms with E-state index in [1.165, 1.54) is 11.1 Å². The van der Waals surface area contributed by atoms with Crippen molar-refractivity contribution in [3.05, 3.63) is 52.4 Å². The van der Waals surface area contributed by atoms with Gasteiger partial charge in [-0.05, 0) is 36.1 Å². The van der Waals surface area contributed by atoms with Gasteiger partial charge in [-0.25, -0.2) is 0 Å². The first-order valence-electron chi connectivity index (χ1n) is 6.19. The Hall–Kier alpha value is -2.03. The van der Waals surface area contributed by atoms with Gasteiger partial charge in [0.2, 0.25) is 0 Å². The molecule has 1 aromatic heterocycles. The van der Waals surface area contributed by atoms with Crippen LogP contribution in [0.15, 0.2) is 41.3 Å². The molecule has 0 bridgehead atoms. The van der Waals surface area contributed by atoms with Gasteiger partial charge in [0, 0.05) is 12.7 Å². The Morgan fingerprint density at radius 3 is 2.06 bits per heavy atom. The number of rotatable bonds is 2. The maximum atomic E-state index is 11.4. The molecule has 1 aromatic rings. The molecule has 2 aliphatic rings. The number of anilines is 1. The Labute approximate surface area is 107 Å². The fourth-order valence-corrected chi connectivity index (χ4v) is 1.76. The van der Waals surface area contributed by atoms with Crippen LogP contribution in [0.4, 0.5) is 5.69 Å². The number of nitrogens with two attached hydrogens (primary N) is 1. The quantitative estimate of drug-likeness (QED) is 0.751. The van der Waals surface area contributed by atoms with E-state index >= 15 is 0 Å². The first-order valence-corrected chi connectivity index (χ1v) is 6.19. The Morgan fingerprint density at radius 1 is 1.11 bits per heavy atom. The molecule has 0 unspecified atom stereocenters. The third kappa shape index (κ3) is 2.30. The Kier molecular flexibility index (Phi) is 3.51. The summed E-state index contributed by atoms with van der Waals surface area (Å²) < 4.78 is 1.64. The minimum atomic E-state index is -0.0724. The van der Waals surface area contributed by atoms with Crippen LogP contribution in [0.25, 0.3) is 11.1 Å². The van der Waals surface area contributed by atoms with Crippen LogP contribution in [-0.2, 0) is 6.54 Å². The number of fused-ring (bicyclic) bond motifs is 1. The molecule has 0 spiro atoms. The van der Waals surface area contributed by atoms with Gasteiger partial charge in [0.25, 0.3) is 5.56 Å². The number of nitrogen functional groups attached to an aromatic ring is 1. The molecule has 0 saturated heterocycles. The highest BCUT2D eigenvalue weighted by molar-refractivity contribution is 5.75. The number of aromatic nitrogens is 1. The predicted molar refractivity (Wildman–Crippen MR) is 75.6 cm³/mol. The van der Waals surface area contributed by atoms with Crippen LogP contribution in [0.1, 0.15) is 18.9 Å². The molecule has 3 heteroatoms. The van der Waals surface area contributed by atoms with E-state index in [-0.39, 0.29) is 5.56 Å². The molecule has 1 heterocycles. The van der Waals surface area contributed by atoms with Gasteiger partial charge in [0.15, 0.2) is 0 Å². The average Bonchev–Trinajstić information content (AvgIpc) is 2.35. The molecule has 0 aromatic carbocycles. The molecule has 94 valence electrons. The van der Waals surface area contributed by atoms with Crippen molar-refractivity contribution in [1.29, 1.82) is 0 Å². The number of aryl methyl sites for hydroxylation is 2. The van der Waals surface area contributed by atoms with Crippen molar-refractivity contribution in [1.82, 2.24) is 4.57 Å². The molecule has 0 amide bonds. The molecule has 0 atom stereocenters. The van der Waals surface area contributed by atoms with Gasteiger partial charge in [0.05, 0.1) is 0 Å². The number of nitrogens with zero attached hydrogens (tertiary/aromatic N) is 1. The van der Waals surface area contributed by atoms with Crippen molar-refractivity contribution >= 4 is 5.69 Å². The van der Waals surface area contributed by atoms with E-state index in [0.717, 1.165) is 18.5 Å². The molecule has 0 radical (unpaired) electrons. The van der Waals surface area contributed by atoms with Crippen molar-refractivity contribution < 1.29 is 0 Å². The summed E-state index contributed by atoms with van der Waals surface area (Å²) in [6.07, 6.45) is 2.74. The smallest absolute Gasteiger partial charge is 0.273 e. The third-order valence-electron chi connectivity index (χ3n) is 3.10. The number of benzene rings is 1. The molecule has 2 aliphatic carbocycles. The summed E-state index contributed by atoms with van der Waals surface area (Å²) in [5, 5.41) is 0. The number of hydrogen-bond acceptors (Lipinski definition) is 2. The molecule has 0 fully saturated rings. The van der Waals surface area contributed by atoms with E-state index in [9.17, 15) is 4.79 Å². The molecule has 2 N–H and O–H groups in total. The van der Waals surface area contributed by atoms with Crippen molar-refractivity contribution in [2.75, 3.05) is 5.73 Å². The Balaban J connectivity index is 0.000000164. The minimum absolute atomic E-state index is 0.0724. The van der Waals surface area contributed by atoms with E-state index < -0.39 is 0 Å². The van der Waals surface area contributed by atoms with Crippen molar-refractivity contribution in [3.8, 4) is 11.1 Å². The molecule has 0 aliphatic heterocycles. The van der Waals surface area contributed by atoms with Crippen LogP contribution in [0, 0.1) is 6.92 Å². The summed E-state index contributed by atoms with van der Waals surface area (Å²) >= 11 is 0. The molecule has 0 saturated carbocycles. The molecule has 18 heavy (non-hydrogen) atoms. The van der Waals surface area contributed by atoms with Crippen molar-refractivity contribution in [2.45, 2.75) is 26.8 Å². The van der Waals surface area contributed by atoms with Crippen molar-refractivity contribution in [2.24, 2.45) is 0 Å². The van der Waals surface area contributed by atoms with Gasteiger partial charge in [-0.3, -0.25) is 4.79 Å². The minimum Gasteiger partial charge on any atom is -0.394 e. The van der Waals surface area contributed by atoms with Crippen LogP contribution in [0.3, 0.4) is 0 Å². The summed E-state index contributed by atoms with van der Waals surface area (Å²) in [6, 6.07) is 10.3. The molecular weight excluding hydrogens is 224 g/mol. The lowest BCUT2D eigenvalue weighted by Crippen LogP contribution is -2.23. The fourth-order valence-electron chi connectivity index (χ4n) is 1.76. The average molecular weight is 242 g/mol. The zero-order valence-electron chi connectivity index (χ0n) is 10.8. The highest BCUT2D eigenvalue weighted by Gasteiger charge is 2.04. The molecule has 3 nitrogen and oxygen atoms in total. The second-order valence-corrected chi connectivity index (χ2v) is 4.49. The number of hydrogen-bond donors (Lipinski definition) is 1. The zero-order valence-corrected chi connectivity index (χ0v) is 10.8. The van der Waals surface area contributed by atoms with Gasteiger partial charge in [0.1, 0.15) is 5.69 Å². The lowest BCUT2D eigenvalue weighted by molar-refractivity contribution is 0.655. The Morgan fingerprint density at radius 2 is 1.67 bits per heavy atom. The zero-order chi connectivity index (χ0) is 13.1. The first-order chi connectivity index (χ1) is 8.63.